The molecule has 0 unspecified atom stereocenters. The van der Waals surface area contributed by atoms with Gasteiger partial charge in [0.05, 0.1) is 0 Å². The third-order valence-electron chi connectivity index (χ3n) is 1.39. The van der Waals surface area contributed by atoms with Crippen molar-refractivity contribution >= 4 is 13.8 Å². The molecule has 0 aliphatic rings. The fourth-order valence-corrected chi connectivity index (χ4v) is 0.732. The Morgan fingerprint density at radius 3 is 2.20 bits per heavy atom. The van der Waals surface area contributed by atoms with Crippen molar-refractivity contribution in [3.8, 4) is 5.75 Å². The van der Waals surface area contributed by atoms with Gasteiger partial charge in [0.15, 0.2) is 0 Å². The SMILES string of the molecule is C=C(C)C(N)=O.C[N+](C)(C#P=O)CCO. The molecule has 0 aliphatic carbocycles. The van der Waals surface area contributed by atoms with Crippen LogP contribution in [0.5, 0.6) is 0 Å². The predicted octanol–water partition coefficient (Wildman–Crippen LogP) is 0.311. The molecule has 0 radical (unpaired) electrons. The zero-order valence-electron chi connectivity index (χ0n) is 9.36. The molecule has 0 saturated carbocycles. The second-order valence-electron chi connectivity index (χ2n) is 3.47. The molecule has 0 bridgehead atoms. The number of aliphatic hydroxyl groups is 1. The van der Waals surface area contributed by atoms with Crippen molar-refractivity contribution in [1.29, 1.82) is 0 Å². The van der Waals surface area contributed by atoms with E-state index >= 15 is 0 Å². The van der Waals surface area contributed by atoms with Gasteiger partial charge in [-0.1, -0.05) is 6.58 Å². The summed E-state index contributed by atoms with van der Waals surface area (Å²) in [7, 11) is 3.54. The molecule has 86 valence electrons. The van der Waals surface area contributed by atoms with E-state index in [1.54, 1.807) is 6.92 Å². The van der Waals surface area contributed by atoms with Gasteiger partial charge in [-0.05, 0) is 6.92 Å². The van der Waals surface area contributed by atoms with Crippen LogP contribution in [-0.2, 0) is 9.36 Å². The van der Waals surface area contributed by atoms with Crippen LogP contribution in [0.3, 0.4) is 0 Å². The Morgan fingerprint density at radius 2 is 2.00 bits per heavy atom. The molecule has 0 aromatic heterocycles. The predicted molar refractivity (Wildman–Crippen MR) is 59.6 cm³/mol. The molecule has 15 heavy (non-hydrogen) atoms. The third kappa shape index (κ3) is 13.1. The number of rotatable bonds is 3. The van der Waals surface area contributed by atoms with Gasteiger partial charge in [0.1, 0.15) is 0 Å². The van der Waals surface area contributed by atoms with Gasteiger partial charge in [-0.2, -0.15) is 0 Å². The minimum absolute atomic E-state index is 0.0928. The van der Waals surface area contributed by atoms with Crippen molar-refractivity contribution in [2.45, 2.75) is 6.92 Å². The van der Waals surface area contributed by atoms with Crippen LogP contribution in [0.15, 0.2) is 12.2 Å². The number of primary amides is 1. The van der Waals surface area contributed by atoms with Crippen molar-refractivity contribution in [2.24, 2.45) is 5.73 Å². The van der Waals surface area contributed by atoms with Gasteiger partial charge >= 0.3 is 55.1 Å². The van der Waals surface area contributed by atoms with E-state index < -0.39 is 5.91 Å². The number of amides is 1. The summed E-state index contributed by atoms with van der Waals surface area (Å²) in [6, 6.07) is 0. The number of hydrogen-bond acceptors (Lipinski definition) is 3. The van der Waals surface area contributed by atoms with E-state index in [-0.39, 0.29) is 14.5 Å². The average molecular weight is 233 g/mol. The number of nitrogens with zero attached hydrogens (tertiary/aromatic N) is 1. The molecule has 6 heteroatoms. The second-order valence-corrected chi connectivity index (χ2v) is 3.85. The number of likely N-dealkylation sites (N-methyl/N-ethyl adjacent to an activating group) is 1. The molecule has 0 spiro atoms. The van der Waals surface area contributed by atoms with E-state index in [0.717, 1.165) is 0 Å². The van der Waals surface area contributed by atoms with Gasteiger partial charge in [-0.25, -0.2) is 0 Å². The maximum absolute atomic E-state index is 9.98. The third-order valence-corrected chi connectivity index (χ3v) is 2.01. The van der Waals surface area contributed by atoms with Crippen LogP contribution in [0.1, 0.15) is 6.92 Å². The van der Waals surface area contributed by atoms with E-state index in [4.69, 9.17) is 10.8 Å². The Morgan fingerprint density at radius 1 is 1.60 bits per heavy atom. The fourth-order valence-electron chi connectivity index (χ4n) is 0.411. The van der Waals surface area contributed by atoms with Crippen LogP contribution in [0.25, 0.3) is 0 Å². The van der Waals surface area contributed by atoms with Crippen LogP contribution in [0, 0.1) is 5.75 Å². The zero-order chi connectivity index (χ0) is 12.5. The average Bonchev–Trinajstić information content (AvgIpc) is 2.04. The van der Waals surface area contributed by atoms with E-state index in [2.05, 4.69) is 12.3 Å². The Balaban J connectivity index is 0. The van der Waals surface area contributed by atoms with Crippen LogP contribution in [0.2, 0.25) is 0 Å². The van der Waals surface area contributed by atoms with Crippen LogP contribution < -0.4 is 5.73 Å². The normalized spacial score (nSPS) is 9.33. The molecule has 0 fully saturated rings. The number of quaternary nitrogens is 1. The fraction of sp³-hybridized carbons (Fsp3) is 0.556. The molecule has 0 aliphatic heterocycles. The Labute approximate surface area is 91.3 Å². The Kier molecular flexibility index (Phi) is 9.33. The standard InChI is InChI=1S/C5H11NO2P.C4H7NO/c1-6(2,3-4-7)5-9-8;1-3(2)4(5)6/h7H,3-4H2,1-2H3;1H2,2H3,(H2,5,6)/q+1;. The number of aliphatic hydroxyl groups excluding tert-OH is 1. The molecule has 0 aromatic carbocycles. The first-order valence-corrected chi connectivity index (χ1v) is 5.07. The molecule has 5 nitrogen and oxygen atoms in total. The summed E-state index contributed by atoms with van der Waals surface area (Å²) < 4.78 is 10.3. The molecule has 3 N–H and O–H groups in total. The summed E-state index contributed by atoms with van der Waals surface area (Å²) in [6.07, 6.45) is 0. The molecule has 0 rings (SSSR count). The number of hydrogen-bond donors (Lipinski definition) is 2. The first-order valence-electron chi connectivity index (χ1n) is 4.25. The monoisotopic (exact) mass is 233 g/mol. The van der Waals surface area contributed by atoms with Gasteiger partial charge < -0.3 is 5.73 Å². The molecular formula is C9H18N2O3P+. The van der Waals surface area contributed by atoms with Crippen molar-refractivity contribution in [3.63, 3.8) is 0 Å². The molecule has 0 saturated heterocycles. The first kappa shape index (κ1) is 16.6. The van der Waals surface area contributed by atoms with Crippen LogP contribution in [0.4, 0.5) is 0 Å². The van der Waals surface area contributed by atoms with Crippen molar-refractivity contribution in [2.75, 3.05) is 27.2 Å². The van der Waals surface area contributed by atoms with Crippen molar-refractivity contribution in [3.05, 3.63) is 12.2 Å². The van der Waals surface area contributed by atoms with E-state index in [1.807, 2.05) is 14.1 Å². The Bertz CT molecular complexity index is 307. The Hall–Kier alpha value is -0.860. The van der Waals surface area contributed by atoms with Crippen molar-refractivity contribution in [1.82, 2.24) is 0 Å². The number of carbonyl (C=O) groups excluding carboxylic acids is 1. The summed E-state index contributed by atoms with van der Waals surface area (Å²) in [6.45, 7) is 5.50. The van der Waals surface area contributed by atoms with E-state index in [9.17, 15) is 9.36 Å². The molecule has 0 atom stereocenters. The zero-order valence-corrected chi connectivity index (χ0v) is 10.3. The number of carbonyl (C=O) groups is 1. The van der Waals surface area contributed by atoms with Gasteiger partial charge in [-0.15, -0.1) is 0 Å². The first-order chi connectivity index (χ1) is 6.76. The van der Waals surface area contributed by atoms with Crippen molar-refractivity contribution < 1.29 is 18.9 Å². The topological polar surface area (TPSA) is 80.4 Å². The van der Waals surface area contributed by atoms with Gasteiger partial charge in [0, 0.05) is 5.57 Å². The molecule has 0 aromatic rings. The molecule has 1 amide bonds. The summed E-state index contributed by atoms with van der Waals surface area (Å²) in [5, 5.41) is 8.47. The van der Waals surface area contributed by atoms with Crippen LogP contribution in [-0.4, -0.2) is 42.7 Å². The van der Waals surface area contributed by atoms with Gasteiger partial charge in [0.2, 0.25) is 5.91 Å². The van der Waals surface area contributed by atoms with Gasteiger partial charge in [0.25, 0.3) is 0 Å². The molecule has 0 heterocycles. The number of nitrogens with two attached hydrogens (primary N) is 1. The van der Waals surface area contributed by atoms with E-state index in [0.29, 0.717) is 16.6 Å². The maximum atomic E-state index is 9.98. The van der Waals surface area contributed by atoms with E-state index in [1.165, 1.54) is 0 Å². The quantitative estimate of drug-likeness (QED) is 0.418. The second kappa shape index (κ2) is 8.45. The summed E-state index contributed by atoms with van der Waals surface area (Å²) in [5.41, 5.74) is 5.09. The molecular weight excluding hydrogens is 215 g/mol. The van der Waals surface area contributed by atoms with Gasteiger partial charge in [-0.3, -0.25) is 4.79 Å². The summed E-state index contributed by atoms with van der Waals surface area (Å²) in [5.74, 6) is 2.18. The van der Waals surface area contributed by atoms with Crippen LogP contribution >= 0.6 is 7.92 Å². The summed E-state index contributed by atoms with van der Waals surface area (Å²) in [4.78, 5) is 9.82. The summed E-state index contributed by atoms with van der Waals surface area (Å²) >= 11 is 0. The minimum atomic E-state index is -0.435.